The quantitative estimate of drug-likeness (QED) is 0.0392. The molecule has 0 bridgehead atoms. The molecule has 0 atom stereocenters. The molecular weight excluding hydrogens is 863 g/mol. The highest BCUT2D eigenvalue weighted by Gasteiger charge is 2.43. The summed E-state index contributed by atoms with van der Waals surface area (Å²) in [7, 11) is -5.68. The number of rotatable bonds is 18. The Hall–Kier alpha value is -6.64. The monoisotopic (exact) mass is 919 g/mol. The van der Waals surface area contributed by atoms with E-state index in [1.807, 2.05) is 0 Å². The lowest BCUT2D eigenvalue weighted by molar-refractivity contribution is 0.304. The molecule has 2 nitrogen and oxygen atoms in total. The number of aromatic nitrogens is 1. The molecule has 0 aliphatic rings. The molecule has 10 rings (SSSR count). The molecule has 5 heteroatoms. The van der Waals surface area contributed by atoms with E-state index < -0.39 is 16.1 Å². The van der Waals surface area contributed by atoms with Crippen LogP contribution in [0.5, 0.6) is 5.75 Å². The second-order valence-corrected chi connectivity index (χ2v) is 25.7. The van der Waals surface area contributed by atoms with Crippen LogP contribution >= 0.6 is 12.6 Å². The van der Waals surface area contributed by atoms with Crippen LogP contribution in [0.25, 0.3) is 27.5 Å². The molecule has 0 radical (unpaired) electrons. The third-order valence-electron chi connectivity index (χ3n) is 13.8. The summed E-state index contributed by atoms with van der Waals surface area (Å²) in [5.41, 5.74) is 3.49. The van der Waals surface area contributed by atoms with Crippen LogP contribution in [0.3, 0.4) is 0 Å². The van der Waals surface area contributed by atoms with Gasteiger partial charge in [0.2, 0.25) is 0 Å². The molecule has 330 valence electrons. The van der Waals surface area contributed by atoms with Crippen molar-refractivity contribution < 1.29 is 4.74 Å². The molecule has 0 fully saturated rings. The lowest BCUT2D eigenvalue weighted by Gasteiger charge is -2.34. The number of nitrogens with zero attached hydrogens (tertiary/aromatic N) is 1. The van der Waals surface area contributed by atoms with Gasteiger partial charge in [0.15, 0.2) is 16.1 Å². The summed E-state index contributed by atoms with van der Waals surface area (Å²) in [6.45, 7) is 0.735. The Labute approximate surface area is 404 Å². The largest absolute Gasteiger partial charge is 0.494 e. The van der Waals surface area contributed by atoms with Crippen LogP contribution in [0.4, 0.5) is 0 Å². The van der Waals surface area contributed by atoms with E-state index in [0.29, 0.717) is 0 Å². The van der Waals surface area contributed by atoms with E-state index in [4.69, 9.17) is 4.74 Å². The first-order valence-corrected chi connectivity index (χ1v) is 28.6. The first kappa shape index (κ1) is 44.2. The van der Waals surface area contributed by atoms with Crippen LogP contribution in [0, 0.1) is 0 Å². The molecule has 0 aliphatic carbocycles. The average molecular weight is 920 g/mol. The zero-order valence-corrected chi connectivity index (χ0v) is 40.9. The molecule has 0 saturated carbocycles. The van der Waals surface area contributed by atoms with Gasteiger partial charge in [0.1, 0.15) is 5.75 Å². The van der Waals surface area contributed by atoms with Gasteiger partial charge in [-0.3, -0.25) is 0 Å². The van der Waals surface area contributed by atoms with Crippen LogP contribution in [0.15, 0.2) is 243 Å². The van der Waals surface area contributed by atoms with Gasteiger partial charge in [0.05, 0.1) is 17.6 Å². The van der Waals surface area contributed by atoms with E-state index in [0.717, 1.165) is 30.2 Å². The molecule has 0 amide bonds. The number of unbranched alkanes of at least 4 members (excludes halogenated alkanes) is 5. The molecule has 0 aliphatic heterocycles. The van der Waals surface area contributed by atoms with Crippen LogP contribution in [-0.2, 0) is 0 Å². The van der Waals surface area contributed by atoms with Crippen molar-refractivity contribution in [3.8, 4) is 11.4 Å². The number of fused-ring (bicyclic) bond motifs is 3. The molecule has 0 unspecified atom stereocenters. The third-order valence-corrected chi connectivity index (χ3v) is 23.7. The summed E-state index contributed by atoms with van der Waals surface area (Å²) in [5.74, 6) is 1.89. The molecule has 0 N–H and O–H groups in total. The summed E-state index contributed by atoms with van der Waals surface area (Å²) in [5, 5.41) is 13.4. The van der Waals surface area contributed by atoms with Crippen molar-refractivity contribution in [2.45, 2.75) is 38.5 Å². The highest BCUT2D eigenvalue weighted by Crippen LogP contribution is 2.33. The van der Waals surface area contributed by atoms with Crippen LogP contribution in [0.2, 0.25) is 0 Å². The van der Waals surface area contributed by atoms with E-state index >= 15 is 0 Å². The smallest absolute Gasteiger partial charge is 0.179 e. The van der Waals surface area contributed by atoms with Gasteiger partial charge in [-0.2, -0.15) is 12.6 Å². The van der Waals surface area contributed by atoms with E-state index in [2.05, 4.69) is 260 Å². The summed E-state index contributed by atoms with van der Waals surface area (Å²) in [4.78, 5) is 0. The lowest BCUT2D eigenvalue weighted by atomic mass is 10.1. The maximum atomic E-state index is 6.33. The van der Waals surface area contributed by atoms with Gasteiger partial charge < -0.3 is 9.30 Å². The fourth-order valence-corrected chi connectivity index (χ4v) is 20.5. The van der Waals surface area contributed by atoms with Crippen LogP contribution in [-0.4, -0.2) is 33.1 Å². The Bertz CT molecular complexity index is 2770. The number of hydrogen-bond acceptors (Lipinski definition) is 2. The molecule has 67 heavy (non-hydrogen) atoms. The van der Waals surface area contributed by atoms with Gasteiger partial charge in [-0.05, 0) is 96.5 Å². The van der Waals surface area contributed by atoms with Gasteiger partial charge in [0.25, 0.3) is 0 Å². The highest BCUT2D eigenvalue weighted by molar-refractivity contribution is 7.80. The maximum Gasteiger partial charge on any atom is 0.179 e. The summed E-state index contributed by atoms with van der Waals surface area (Å²) < 4.78 is 8.80. The minimum atomic E-state index is -2.84. The molecule has 9 aromatic carbocycles. The number of thiol groups is 1. The van der Waals surface area contributed by atoms with Crippen molar-refractivity contribution in [3.05, 3.63) is 243 Å². The number of ether oxygens (including phenoxy) is 1. The lowest BCUT2D eigenvalue weighted by Crippen LogP contribution is -2.74. The van der Waals surface area contributed by atoms with E-state index in [-0.39, 0.29) is 0 Å². The Morgan fingerprint density at radius 1 is 0.328 bits per heavy atom. The molecule has 1 heterocycles. The fraction of sp³-hybridized carbons (Fsp3) is 0.129. The maximum absolute atomic E-state index is 6.33. The Balaban J connectivity index is 1.20. The number of benzene rings is 9. The molecule has 0 saturated heterocycles. The molecule has 10 aromatic rings. The van der Waals surface area contributed by atoms with E-state index in [1.54, 1.807) is 0 Å². The van der Waals surface area contributed by atoms with Gasteiger partial charge >= 0.3 is 0 Å². The topological polar surface area (TPSA) is 14.2 Å². The Morgan fingerprint density at radius 3 is 1.00 bits per heavy atom. The van der Waals surface area contributed by atoms with Crippen molar-refractivity contribution in [1.29, 1.82) is 0 Å². The summed E-state index contributed by atoms with van der Waals surface area (Å²) in [6.07, 6.45) is 7.27. The predicted octanol–water partition coefficient (Wildman–Crippen LogP) is 10.2. The molecule has 1 aromatic heterocycles. The highest BCUT2D eigenvalue weighted by atomic mass is 32.1. The van der Waals surface area contributed by atoms with Crippen molar-refractivity contribution in [2.24, 2.45) is 0 Å². The second-order valence-electron chi connectivity index (χ2n) is 17.7. The SMILES string of the molecule is SCCCCCCCCOc1ccc(-n2c3ccc([Si](c4ccccc4)(c4ccccc4)c4ccccc4)cc3c3cc([Si](c4ccccc4)(c4ccccc4)c4ccccc4)ccc32)cc1. The normalized spacial score (nSPS) is 11.8. The fourth-order valence-electron chi connectivity index (χ4n) is 10.7. The van der Waals surface area contributed by atoms with Crippen molar-refractivity contribution in [3.63, 3.8) is 0 Å². The van der Waals surface area contributed by atoms with Gasteiger partial charge in [-0.25, -0.2) is 0 Å². The predicted molar refractivity (Wildman–Crippen MR) is 295 cm³/mol. The van der Waals surface area contributed by atoms with Gasteiger partial charge in [0, 0.05) is 16.5 Å². The summed E-state index contributed by atoms with van der Waals surface area (Å²) >= 11 is 4.37. The van der Waals surface area contributed by atoms with Crippen LogP contribution < -0.4 is 46.2 Å². The zero-order chi connectivity index (χ0) is 45.3. The average Bonchev–Trinajstić information content (AvgIpc) is 3.73. The zero-order valence-electron chi connectivity index (χ0n) is 38.1. The van der Waals surface area contributed by atoms with Gasteiger partial charge in [-0.15, -0.1) is 0 Å². The van der Waals surface area contributed by atoms with Crippen molar-refractivity contribution >= 4 is 92.1 Å². The standard InChI is InChI=1S/C62H57NOSSi2/c65-46-24-4-2-1-3-23-45-64-50-39-37-49(38-40-50)63-61-43-41-57(66(51-25-11-5-12-26-51,52-27-13-6-14-28-52)53-29-15-7-16-30-53)47-59(61)60-48-58(42-44-62(60)63)67(54-31-17-8-18-32-54,55-33-19-9-20-34-55)56-35-21-10-22-36-56/h5-22,25-44,47-48,65H,1-4,23-24,45-46H2. The minimum Gasteiger partial charge on any atom is -0.494 e. The van der Waals surface area contributed by atoms with Gasteiger partial charge in [-0.1, -0.05) is 232 Å². The minimum absolute atomic E-state index is 0.735. The second kappa shape index (κ2) is 20.5. The van der Waals surface area contributed by atoms with Crippen molar-refractivity contribution in [1.82, 2.24) is 4.57 Å². The summed E-state index contributed by atoms with van der Waals surface area (Å²) in [6, 6.07) is 91.2. The van der Waals surface area contributed by atoms with E-state index in [9.17, 15) is 0 Å². The first-order chi connectivity index (χ1) is 33.2. The molecular formula is C62H57NOSSi2. The third kappa shape index (κ3) is 8.53. The Morgan fingerprint density at radius 2 is 0.657 bits per heavy atom. The first-order valence-electron chi connectivity index (χ1n) is 24.0. The number of hydrogen-bond donors (Lipinski definition) is 1. The van der Waals surface area contributed by atoms with E-state index in [1.165, 1.54) is 95.4 Å². The Kier molecular flexibility index (Phi) is 13.5. The van der Waals surface area contributed by atoms with Crippen molar-refractivity contribution in [2.75, 3.05) is 12.4 Å². The van der Waals surface area contributed by atoms with Crippen LogP contribution in [0.1, 0.15) is 38.5 Å². The molecule has 0 spiro atoms.